The van der Waals surface area contributed by atoms with Crippen molar-refractivity contribution in [1.29, 1.82) is 0 Å². The maximum absolute atomic E-state index is 12.4. The molecule has 1 fully saturated rings. The first-order valence-corrected chi connectivity index (χ1v) is 7.19. The van der Waals surface area contributed by atoms with Crippen molar-refractivity contribution < 1.29 is 4.79 Å². The van der Waals surface area contributed by atoms with E-state index in [1.54, 1.807) is 12.1 Å². The zero-order valence-corrected chi connectivity index (χ0v) is 12.7. The number of hydrogen-bond acceptors (Lipinski definition) is 2. The average molecular weight is 342 g/mol. The van der Waals surface area contributed by atoms with Crippen molar-refractivity contribution in [2.45, 2.75) is 0 Å². The van der Waals surface area contributed by atoms with Crippen LogP contribution in [0.3, 0.4) is 0 Å². The molecule has 0 aromatic heterocycles. The maximum Gasteiger partial charge on any atom is 0.255 e. The number of rotatable bonds is 2. The van der Waals surface area contributed by atoms with Crippen LogP contribution in [0.15, 0.2) is 22.7 Å². The molecule has 0 saturated carbocycles. The molecule has 2 rings (SSSR count). The lowest BCUT2D eigenvalue weighted by Crippen LogP contribution is -2.48. The van der Waals surface area contributed by atoms with Gasteiger partial charge >= 0.3 is 0 Å². The predicted octanol–water partition coefficient (Wildman–Crippen LogP) is 2.49. The quantitative estimate of drug-likeness (QED) is 0.772. The van der Waals surface area contributed by atoms with E-state index in [-0.39, 0.29) is 5.91 Å². The first-order chi connectivity index (χ1) is 9.11. The number of nitrogens with zero attached hydrogens (tertiary/aromatic N) is 2. The number of carbonyl (C=O) groups excluding carboxylic acids is 1. The summed E-state index contributed by atoms with van der Waals surface area (Å²) in [7, 11) is 0. The van der Waals surface area contributed by atoms with Crippen molar-refractivity contribution in [1.82, 2.24) is 9.80 Å². The molecule has 0 radical (unpaired) electrons. The molecule has 0 bridgehead atoms. The summed E-state index contributed by atoms with van der Waals surface area (Å²) in [6.07, 6.45) is 5.29. The molecule has 1 aliphatic heterocycles. The van der Waals surface area contributed by atoms with Crippen LogP contribution in [-0.2, 0) is 0 Å². The van der Waals surface area contributed by atoms with E-state index in [9.17, 15) is 4.79 Å². The van der Waals surface area contributed by atoms with Crippen LogP contribution in [0.5, 0.6) is 0 Å². The largest absolute Gasteiger partial charge is 0.336 e. The molecule has 100 valence electrons. The standard InChI is InChI=1S/C14H14BrClN2O/c1-2-5-17-6-8-18(9-7-17)14(19)12-10-11(15)3-4-13(12)16/h1,3-4,10H,5-9H2. The summed E-state index contributed by atoms with van der Waals surface area (Å²) in [5.74, 6) is 2.60. The molecule has 0 unspecified atom stereocenters. The van der Waals surface area contributed by atoms with E-state index >= 15 is 0 Å². The maximum atomic E-state index is 12.4. The van der Waals surface area contributed by atoms with Crippen molar-refractivity contribution in [2.75, 3.05) is 32.7 Å². The number of amides is 1. The molecule has 5 heteroatoms. The minimum atomic E-state index is -0.0216. The molecule has 0 spiro atoms. The van der Waals surface area contributed by atoms with Crippen LogP contribution in [0, 0.1) is 12.3 Å². The number of benzene rings is 1. The molecule has 1 amide bonds. The normalized spacial score (nSPS) is 16.2. The molecular formula is C14H14BrClN2O. The van der Waals surface area contributed by atoms with E-state index in [2.05, 4.69) is 26.8 Å². The van der Waals surface area contributed by atoms with Crippen molar-refractivity contribution in [3.63, 3.8) is 0 Å². The van der Waals surface area contributed by atoms with Gasteiger partial charge in [0.15, 0.2) is 0 Å². The lowest BCUT2D eigenvalue weighted by molar-refractivity contribution is 0.0652. The second-order valence-corrected chi connectivity index (χ2v) is 5.72. The summed E-state index contributed by atoms with van der Waals surface area (Å²) in [6, 6.07) is 5.32. The van der Waals surface area contributed by atoms with E-state index in [4.69, 9.17) is 18.0 Å². The lowest BCUT2D eigenvalue weighted by atomic mass is 10.2. The third kappa shape index (κ3) is 3.50. The van der Waals surface area contributed by atoms with Gasteiger partial charge in [0, 0.05) is 30.7 Å². The van der Waals surface area contributed by atoms with E-state index in [0.717, 1.165) is 17.6 Å². The van der Waals surface area contributed by atoms with Gasteiger partial charge in [0.2, 0.25) is 0 Å². The van der Waals surface area contributed by atoms with E-state index < -0.39 is 0 Å². The predicted molar refractivity (Wildman–Crippen MR) is 80.3 cm³/mol. The molecule has 3 nitrogen and oxygen atoms in total. The summed E-state index contributed by atoms with van der Waals surface area (Å²) in [5.41, 5.74) is 0.543. The van der Waals surface area contributed by atoms with Gasteiger partial charge in [0.25, 0.3) is 5.91 Å². The van der Waals surface area contributed by atoms with Gasteiger partial charge < -0.3 is 4.90 Å². The van der Waals surface area contributed by atoms with Gasteiger partial charge in [-0.3, -0.25) is 9.69 Å². The van der Waals surface area contributed by atoms with Crippen molar-refractivity contribution >= 4 is 33.4 Å². The van der Waals surface area contributed by atoms with Crippen LogP contribution < -0.4 is 0 Å². The highest BCUT2D eigenvalue weighted by atomic mass is 79.9. The van der Waals surface area contributed by atoms with Gasteiger partial charge in [-0.05, 0) is 18.2 Å². The molecule has 1 aromatic carbocycles. The molecule has 1 saturated heterocycles. The van der Waals surface area contributed by atoms with Crippen LogP contribution in [-0.4, -0.2) is 48.4 Å². The van der Waals surface area contributed by atoms with Crippen LogP contribution in [0.4, 0.5) is 0 Å². The smallest absolute Gasteiger partial charge is 0.255 e. The Morgan fingerprint density at radius 3 is 2.68 bits per heavy atom. The second kappa shape index (κ2) is 6.42. The summed E-state index contributed by atoms with van der Waals surface area (Å²) < 4.78 is 0.853. The minimum Gasteiger partial charge on any atom is -0.336 e. The monoisotopic (exact) mass is 340 g/mol. The van der Waals surface area contributed by atoms with Crippen LogP contribution >= 0.6 is 27.5 Å². The molecule has 19 heavy (non-hydrogen) atoms. The fourth-order valence-corrected chi connectivity index (χ4v) is 2.63. The van der Waals surface area contributed by atoms with Gasteiger partial charge in [-0.15, -0.1) is 6.42 Å². The molecule has 1 heterocycles. The summed E-state index contributed by atoms with van der Waals surface area (Å²) in [5, 5.41) is 0.485. The Balaban J connectivity index is 2.05. The Morgan fingerprint density at radius 2 is 2.05 bits per heavy atom. The Hall–Kier alpha value is -1.02. The highest BCUT2D eigenvalue weighted by Gasteiger charge is 2.23. The zero-order chi connectivity index (χ0) is 13.8. The number of piperazine rings is 1. The van der Waals surface area contributed by atoms with Crippen LogP contribution in [0.2, 0.25) is 5.02 Å². The van der Waals surface area contributed by atoms with E-state index in [1.165, 1.54) is 0 Å². The fraction of sp³-hybridized carbons (Fsp3) is 0.357. The number of carbonyl (C=O) groups is 1. The van der Waals surface area contributed by atoms with Gasteiger partial charge in [-0.2, -0.15) is 0 Å². The number of hydrogen-bond donors (Lipinski definition) is 0. The van der Waals surface area contributed by atoms with Crippen LogP contribution in [0.25, 0.3) is 0 Å². The van der Waals surface area contributed by atoms with E-state index in [0.29, 0.717) is 30.2 Å². The van der Waals surface area contributed by atoms with Crippen molar-refractivity contribution in [3.8, 4) is 12.3 Å². The van der Waals surface area contributed by atoms with Crippen molar-refractivity contribution in [3.05, 3.63) is 33.3 Å². The Bertz CT molecular complexity index is 519. The number of halogens is 2. The summed E-state index contributed by atoms with van der Waals surface area (Å²) in [6.45, 7) is 3.62. The van der Waals surface area contributed by atoms with Gasteiger partial charge in [-0.1, -0.05) is 33.5 Å². The molecule has 1 aromatic rings. The highest BCUT2D eigenvalue weighted by molar-refractivity contribution is 9.10. The average Bonchev–Trinajstić information content (AvgIpc) is 2.42. The molecular weight excluding hydrogens is 328 g/mol. The van der Waals surface area contributed by atoms with E-state index in [1.807, 2.05) is 11.0 Å². The Kier molecular flexibility index (Phi) is 4.87. The third-order valence-corrected chi connectivity index (χ3v) is 3.96. The highest BCUT2D eigenvalue weighted by Crippen LogP contribution is 2.22. The topological polar surface area (TPSA) is 23.6 Å². The first kappa shape index (κ1) is 14.4. The first-order valence-electron chi connectivity index (χ1n) is 6.02. The second-order valence-electron chi connectivity index (χ2n) is 4.40. The fourth-order valence-electron chi connectivity index (χ4n) is 2.07. The lowest BCUT2D eigenvalue weighted by Gasteiger charge is -2.33. The van der Waals surface area contributed by atoms with Crippen molar-refractivity contribution in [2.24, 2.45) is 0 Å². The molecule has 0 aliphatic carbocycles. The summed E-state index contributed by atoms with van der Waals surface area (Å²) >= 11 is 9.44. The van der Waals surface area contributed by atoms with Crippen LogP contribution in [0.1, 0.15) is 10.4 Å². The molecule has 0 atom stereocenters. The van der Waals surface area contributed by atoms with Gasteiger partial charge in [0.1, 0.15) is 0 Å². The minimum absolute atomic E-state index is 0.0216. The number of terminal acetylenes is 1. The van der Waals surface area contributed by atoms with Gasteiger partial charge in [0.05, 0.1) is 17.1 Å². The molecule has 0 N–H and O–H groups in total. The zero-order valence-electron chi connectivity index (χ0n) is 10.4. The summed E-state index contributed by atoms with van der Waals surface area (Å²) in [4.78, 5) is 16.4. The van der Waals surface area contributed by atoms with Gasteiger partial charge in [-0.25, -0.2) is 0 Å². The Morgan fingerprint density at radius 1 is 1.37 bits per heavy atom. The Labute approximate surface area is 126 Å². The SMILES string of the molecule is C#CCN1CCN(C(=O)c2cc(Br)ccc2Cl)CC1. The molecule has 1 aliphatic rings. The third-order valence-electron chi connectivity index (χ3n) is 3.13.